The number of aromatic nitrogens is 2. The minimum Gasteiger partial charge on any atom is -0.434 e. The summed E-state index contributed by atoms with van der Waals surface area (Å²) in [4.78, 5) is 4.42. The van der Waals surface area contributed by atoms with Gasteiger partial charge in [-0.1, -0.05) is 18.2 Å². The van der Waals surface area contributed by atoms with Gasteiger partial charge < -0.3 is 10.5 Å². The minimum atomic E-state index is -2.90. The standard InChI is InChI=1S/C15H13F2N3O/c1-9-5-4-8-12-19-13(14(18)20(9)12)10-6-2-3-7-11(10)21-15(16)17/h2-8,15H,18H2,1H3. The van der Waals surface area contributed by atoms with Crippen molar-refractivity contribution in [1.29, 1.82) is 0 Å². The van der Waals surface area contributed by atoms with Crippen molar-refractivity contribution in [1.82, 2.24) is 9.38 Å². The monoisotopic (exact) mass is 289 g/mol. The molecule has 108 valence electrons. The third-order valence-corrected chi connectivity index (χ3v) is 3.23. The first-order chi connectivity index (χ1) is 10.1. The topological polar surface area (TPSA) is 52.5 Å². The zero-order valence-electron chi connectivity index (χ0n) is 11.3. The van der Waals surface area contributed by atoms with Gasteiger partial charge in [0, 0.05) is 11.3 Å². The summed E-state index contributed by atoms with van der Waals surface area (Å²) in [7, 11) is 0. The first-order valence-corrected chi connectivity index (χ1v) is 6.35. The number of para-hydroxylation sites is 1. The lowest BCUT2D eigenvalue weighted by atomic mass is 10.1. The van der Waals surface area contributed by atoms with Crippen molar-refractivity contribution in [2.24, 2.45) is 0 Å². The Kier molecular flexibility index (Phi) is 3.21. The molecular weight excluding hydrogens is 276 g/mol. The Hall–Kier alpha value is -2.63. The number of nitrogen functional groups attached to an aromatic ring is 1. The highest BCUT2D eigenvalue weighted by Gasteiger charge is 2.17. The quantitative estimate of drug-likeness (QED) is 0.803. The van der Waals surface area contributed by atoms with Gasteiger partial charge in [-0.25, -0.2) is 4.98 Å². The van der Waals surface area contributed by atoms with E-state index in [4.69, 9.17) is 5.73 Å². The summed E-state index contributed by atoms with van der Waals surface area (Å²) < 4.78 is 31.3. The van der Waals surface area contributed by atoms with Crippen molar-refractivity contribution < 1.29 is 13.5 Å². The van der Waals surface area contributed by atoms with E-state index in [-0.39, 0.29) is 5.75 Å². The normalized spacial score (nSPS) is 11.2. The fraction of sp³-hybridized carbons (Fsp3) is 0.133. The Morgan fingerprint density at radius 1 is 1.14 bits per heavy atom. The van der Waals surface area contributed by atoms with Crippen LogP contribution in [0.5, 0.6) is 5.75 Å². The number of hydrogen-bond donors (Lipinski definition) is 1. The number of fused-ring (bicyclic) bond motifs is 1. The van der Waals surface area contributed by atoms with E-state index in [1.807, 2.05) is 25.1 Å². The Balaban J connectivity index is 2.22. The molecule has 2 N–H and O–H groups in total. The van der Waals surface area contributed by atoms with E-state index < -0.39 is 6.61 Å². The van der Waals surface area contributed by atoms with Crippen LogP contribution < -0.4 is 10.5 Å². The van der Waals surface area contributed by atoms with Crippen LogP contribution in [-0.4, -0.2) is 16.0 Å². The lowest BCUT2D eigenvalue weighted by Crippen LogP contribution is -2.04. The number of nitrogens with zero attached hydrogens (tertiary/aromatic N) is 2. The van der Waals surface area contributed by atoms with Crippen molar-refractivity contribution in [3.05, 3.63) is 48.2 Å². The van der Waals surface area contributed by atoms with E-state index in [0.29, 0.717) is 22.7 Å². The molecule has 2 heterocycles. The smallest absolute Gasteiger partial charge is 0.387 e. The molecule has 21 heavy (non-hydrogen) atoms. The molecule has 6 heteroatoms. The predicted molar refractivity (Wildman–Crippen MR) is 76.4 cm³/mol. The van der Waals surface area contributed by atoms with E-state index in [9.17, 15) is 8.78 Å². The number of alkyl halides is 2. The van der Waals surface area contributed by atoms with Crippen LogP contribution >= 0.6 is 0 Å². The molecule has 0 atom stereocenters. The van der Waals surface area contributed by atoms with Gasteiger partial charge in [0.15, 0.2) is 0 Å². The number of nitrogens with two attached hydrogens (primary N) is 1. The second-order valence-corrected chi connectivity index (χ2v) is 4.58. The Bertz CT molecular complexity index is 799. The van der Waals surface area contributed by atoms with Crippen molar-refractivity contribution >= 4 is 11.5 Å². The largest absolute Gasteiger partial charge is 0.434 e. The molecule has 4 nitrogen and oxygen atoms in total. The average molecular weight is 289 g/mol. The highest BCUT2D eigenvalue weighted by molar-refractivity contribution is 5.79. The summed E-state index contributed by atoms with van der Waals surface area (Å²) in [6.45, 7) is -0.998. The molecule has 3 rings (SSSR count). The van der Waals surface area contributed by atoms with Gasteiger partial charge in [0.1, 0.15) is 22.9 Å². The fourth-order valence-electron chi connectivity index (χ4n) is 2.34. The number of aryl methyl sites for hydroxylation is 1. The molecule has 2 aromatic heterocycles. The molecule has 1 aromatic carbocycles. The summed E-state index contributed by atoms with van der Waals surface area (Å²) in [5.41, 5.74) is 8.58. The van der Waals surface area contributed by atoms with Gasteiger partial charge >= 0.3 is 6.61 Å². The van der Waals surface area contributed by atoms with E-state index in [1.165, 1.54) is 6.07 Å². The first-order valence-electron chi connectivity index (χ1n) is 6.35. The lowest BCUT2D eigenvalue weighted by Gasteiger charge is -2.09. The van der Waals surface area contributed by atoms with Crippen molar-refractivity contribution in [2.75, 3.05) is 5.73 Å². The van der Waals surface area contributed by atoms with E-state index in [1.54, 1.807) is 22.6 Å². The predicted octanol–water partition coefficient (Wildman–Crippen LogP) is 3.49. The number of anilines is 1. The van der Waals surface area contributed by atoms with Gasteiger partial charge in [-0.05, 0) is 31.2 Å². The van der Waals surface area contributed by atoms with Crippen LogP contribution in [0.1, 0.15) is 5.69 Å². The van der Waals surface area contributed by atoms with Crippen molar-refractivity contribution in [3.63, 3.8) is 0 Å². The van der Waals surface area contributed by atoms with Crippen molar-refractivity contribution in [3.8, 4) is 17.0 Å². The molecule has 0 bridgehead atoms. The molecule has 0 aliphatic rings. The molecule has 0 unspecified atom stereocenters. The zero-order chi connectivity index (χ0) is 15.0. The second-order valence-electron chi connectivity index (χ2n) is 4.58. The number of rotatable bonds is 3. The molecule has 3 aromatic rings. The second kappa shape index (κ2) is 5.05. The highest BCUT2D eigenvalue weighted by Crippen LogP contribution is 2.34. The average Bonchev–Trinajstić information content (AvgIpc) is 2.77. The van der Waals surface area contributed by atoms with Crippen LogP contribution in [0.3, 0.4) is 0 Å². The first kappa shape index (κ1) is 13.4. The highest BCUT2D eigenvalue weighted by atomic mass is 19.3. The van der Waals surface area contributed by atoms with E-state index in [2.05, 4.69) is 9.72 Å². The van der Waals surface area contributed by atoms with Crippen LogP contribution in [0.25, 0.3) is 16.9 Å². The Labute approximate surface area is 119 Å². The maximum Gasteiger partial charge on any atom is 0.387 e. The molecule has 0 saturated heterocycles. The van der Waals surface area contributed by atoms with Crippen LogP contribution in [0.4, 0.5) is 14.6 Å². The van der Waals surface area contributed by atoms with Gasteiger partial charge in [-0.15, -0.1) is 0 Å². The third-order valence-electron chi connectivity index (χ3n) is 3.23. The number of benzene rings is 1. The maximum atomic E-state index is 12.5. The summed E-state index contributed by atoms with van der Waals surface area (Å²) >= 11 is 0. The van der Waals surface area contributed by atoms with Gasteiger partial charge in [-0.3, -0.25) is 4.40 Å². The van der Waals surface area contributed by atoms with Crippen molar-refractivity contribution in [2.45, 2.75) is 13.5 Å². The molecule has 0 radical (unpaired) electrons. The van der Waals surface area contributed by atoms with Crippen LogP contribution in [0.15, 0.2) is 42.5 Å². The van der Waals surface area contributed by atoms with Crippen LogP contribution in [0, 0.1) is 6.92 Å². The minimum absolute atomic E-state index is 0.0558. The molecule has 0 saturated carbocycles. The summed E-state index contributed by atoms with van der Waals surface area (Å²) in [5.74, 6) is 0.452. The Morgan fingerprint density at radius 3 is 2.62 bits per heavy atom. The maximum absolute atomic E-state index is 12.5. The van der Waals surface area contributed by atoms with Crippen LogP contribution in [0.2, 0.25) is 0 Å². The number of pyridine rings is 1. The number of halogens is 2. The number of ether oxygens (including phenoxy) is 1. The van der Waals surface area contributed by atoms with Gasteiger partial charge in [0.05, 0.1) is 0 Å². The SMILES string of the molecule is Cc1cccc2nc(-c3ccccc3OC(F)F)c(N)n12. The fourth-order valence-corrected chi connectivity index (χ4v) is 2.34. The third kappa shape index (κ3) is 2.29. The van der Waals surface area contributed by atoms with Crippen LogP contribution in [-0.2, 0) is 0 Å². The molecule has 0 fully saturated rings. The lowest BCUT2D eigenvalue weighted by molar-refractivity contribution is -0.0494. The number of imidazole rings is 1. The summed E-state index contributed by atoms with van der Waals surface area (Å²) in [6.07, 6.45) is 0. The summed E-state index contributed by atoms with van der Waals surface area (Å²) in [6, 6.07) is 12.0. The molecule has 0 amide bonds. The van der Waals surface area contributed by atoms with Gasteiger partial charge in [0.25, 0.3) is 0 Å². The Morgan fingerprint density at radius 2 is 1.90 bits per heavy atom. The molecular formula is C15H13F2N3O. The van der Waals surface area contributed by atoms with Gasteiger partial charge in [0.2, 0.25) is 0 Å². The molecule has 0 spiro atoms. The molecule has 0 aliphatic carbocycles. The zero-order valence-corrected chi connectivity index (χ0v) is 11.3. The summed E-state index contributed by atoms with van der Waals surface area (Å²) in [5, 5.41) is 0. The number of hydrogen-bond acceptors (Lipinski definition) is 3. The molecule has 0 aliphatic heterocycles. The van der Waals surface area contributed by atoms with E-state index >= 15 is 0 Å². The van der Waals surface area contributed by atoms with Gasteiger partial charge in [-0.2, -0.15) is 8.78 Å². The van der Waals surface area contributed by atoms with E-state index in [0.717, 1.165) is 5.69 Å².